The number of aliphatic hydroxyl groups excluding tert-OH is 1. The van der Waals surface area contributed by atoms with E-state index in [4.69, 9.17) is 4.52 Å². The van der Waals surface area contributed by atoms with Crippen LogP contribution in [0.15, 0.2) is 28.8 Å². The first-order chi connectivity index (χ1) is 11.0. The predicted octanol–water partition coefficient (Wildman–Crippen LogP) is 2.31. The Kier molecular flexibility index (Phi) is 4.17. The van der Waals surface area contributed by atoms with Crippen molar-refractivity contribution >= 4 is 5.91 Å². The molecule has 3 rings (SSSR count). The molecule has 2 heterocycles. The van der Waals surface area contributed by atoms with Gasteiger partial charge in [-0.15, -0.1) is 0 Å². The summed E-state index contributed by atoms with van der Waals surface area (Å²) >= 11 is 0. The van der Waals surface area contributed by atoms with E-state index < -0.39 is 6.10 Å². The van der Waals surface area contributed by atoms with E-state index in [-0.39, 0.29) is 30.7 Å². The fourth-order valence-electron chi connectivity index (χ4n) is 3.13. The lowest BCUT2D eigenvalue weighted by Gasteiger charge is -2.25. The van der Waals surface area contributed by atoms with Gasteiger partial charge < -0.3 is 14.5 Å². The van der Waals surface area contributed by atoms with Crippen molar-refractivity contribution in [2.45, 2.75) is 38.8 Å². The molecule has 2 atom stereocenters. The van der Waals surface area contributed by atoms with E-state index in [1.165, 1.54) is 12.1 Å². The highest BCUT2D eigenvalue weighted by Gasteiger charge is 2.35. The Hall–Kier alpha value is -2.21. The highest BCUT2D eigenvalue weighted by Crippen LogP contribution is 2.33. The average Bonchev–Trinajstić information content (AvgIpc) is 3.05. The number of β-amino-alcohol motifs (C(OH)–C–C–N with tert-alkyl or cyclic N) is 1. The summed E-state index contributed by atoms with van der Waals surface area (Å²) in [4.78, 5) is 14.3. The summed E-state index contributed by atoms with van der Waals surface area (Å²) in [5.74, 6) is 0.158. The molecule has 1 fully saturated rings. The molecular formula is C17H19FN2O3. The van der Waals surface area contributed by atoms with Crippen LogP contribution in [0.2, 0.25) is 0 Å². The number of rotatable bonds is 3. The normalized spacial score (nSPS) is 21.0. The molecule has 122 valence electrons. The summed E-state index contributed by atoms with van der Waals surface area (Å²) in [6, 6.07) is 5.87. The van der Waals surface area contributed by atoms with Crippen LogP contribution in [0.25, 0.3) is 0 Å². The second-order valence-corrected chi connectivity index (χ2v) is 5.99. The second-order valence-electron chi connectivity index (χ2n) is 5.99. The number of carbonyl (C=O) groups is 1. The van der Waals surface area contributed by atoms with E-state index in [1.54, 1.807) is 30.9 Å². The molecule has 0 unspecified atom stereocenters. The maximum atomic E-state index is 13.5. The standard InChI is InChI=1S/C17H19FN2O3/c1-10-15(11(2)23-19-10)8-17(22)20-9-14(21)7-16(20)12-4-3-5-13(18)6-12/h3-6,14,16,21H,7-9H2,1-2H3/t14-,16-/m0/s1. The number of aryl methyl sites for hydroxylation is 2. The van der Waals surface area contributed by atoms with E-state index in [0.29, 0.717) is 23.4 Å². The Labute approximate surface area is 133 Å². The number of carbonyl (C=O) groups excluding carboxylic acids is 1. The van der Waals surface area contributed by atoms with Crippen LogP contribution in [0.5, 0.6) is 0 Å². The molecule has 1 amide bonds. The summed E-state index contributed by atoms with van der Waals surface area (Å²) in [5, 5.41) is 13.8. The van der Waals surface area contributed by atoms with E-state index >= 15 is 0 Å². The van der Waals surface area contributed by atoms with Crippen molar-refractivity contribution in [2.75, 3.05) is 6.54 Å². The molecule has 0 aliphatic carbocycles. The molecule has 1 N–H and O–H groups in total. The lowest BCUT2D eigenvalue weighted by molar-refractivity contribution is -0.131. The zero-order chi connectivity index (χ0) is 16.6. The number of nitrogens with zero attached hydrogens (tertiary/aromatic N) is 2. The SMILES string of the molecule is Cc1noc(C)c1CC(=O)N1C[C@@H](O)C[C@H]1c1cccc(F)c1. The molecule has 0 saturated carbocycles. The van der Waals surface area contributed by atoms with Crippen molar-refractivity contribution in [3.8, 4) is 0 Å². The number of likely N-dealkylation sites (tertiary alicyclic amines) is 1. The topological polar surface area (TPSA) is 66.6 Å². The zero-order valence-electron chi connectivity index (χ0n) is 13.1. The minimum atomic E-state index is -0.600. The van der Waals surface area contributed by atoms with Crippen LogP contribution >= 0.6 is 0 Å². The maximum Gasteiger partial charge on any atom is 0.227 e. The molecule has 0 bridgehead atoms. The highest BCUT2D eigenvalue weighted by molar-refractivity contribution is 5.80. The molecule has 1 aliphatic rings. The van der Waals surface area contributed by atoms with Crippen LogP contribution in [-0.4, -0.2) is 33.7 Å². The Morgan fingerprint density at radius 2 is 2.26 bits per heavy atom. The minimum absolute atomic E-state index is 0.120. The van der Waals surface area contributed by atoms with Crippen molar-refractivity contribution < 1.29 is 18.8 Å². The van der Waals surface area contributed by atoms with Gasteiger partial charge in [-0.05, 0) is 38.0 Å². The average molecular weight is 318 g/mol. The third-order valence-corrected chi connectivity index (χ3v) is 4.34. The molecule has 6 heteroatoms. The van der Waals surface area contributed by atoms with Gasteiger partial charge in [-0.1, -0.05) is 17.3 Å². The third-order valence-electron chi connectivity index (χ3n) is 4.34. The van der Waals surface area contributed by atoms with Gasteiger partial charge in [0.15, 0.2) is 0 Å². The van der Waals surface area contributed by atoms with Crippen LogP contribution in [0.4, 0.5) is 4.39 Å². The Morgan fingerprint density at radius 3 is 2.91 bits per heavy atom. The number of aromatic nitrogens is 1. The van der Waals surface area contributed by atoms with E-state index in [0.717, 1.165) is 5.56 Å². The van der Waals surface area contributed by atoms with Crippen LogP contribution in [-0.2, 0) is 11.2 Å². The van der Waals surface area contributed by atoms with E-state index in [2.05, 4.69) is 5.16 Å². The van der Waals surface area contributed by atoms with Gasteiger partial charge in [0.25, 0.3) is 0 Å². The van der Waals surface area contributed by atoms with Gasteiger partial charge in [0.2, 0.25) is 5.91 Å². The molecule has 1 aromatic carbocycles. The molecular weight excluding hydrogens is 299 g/mol. The van der Waals surface area contributed by atoms with Crippen LogP contribution in [0.1, 0.15) is 35.0 Å². The molecule has 2 aromatic rings. The molecule has 0 radical (unpaired) electrons. The van der Waals surface area contributed by atoms with Gasteiger partial charge >= 0.3 is 0 Å². The summed E-state index contributed by atoms with van der Waals surface area (Å²) in [6.45, 7) is 3.82. The first-order valence-corrected chi connectivity index (χ1v) is 7.60. The number of amides is 1. The first-order valence-electron chi connectivity index (χ1n) is 7.60. The maximum absolute atomic E-state index is 13.5. The first kappa shape index (κ1) is 15.7. The van der Waals surface area contributed by atoms with Gasteiger partial charge in [0.1, 0.15) is 11.6 Å². The van der Waals surface area contributed by atoms with Crippen molar-refractivity contribution in [3.63, 3.8) is 0 Å². The van der Waals surface area contributed by atoms with Gasteiger partial charge in [-0.25, -0.2) is 4.39 Å². The molecule has 1 saturated heterocycles. The number of halogens is 1. The fourth-order valence-corrected chi connectivity index (χ4v) is 3.13. The van der Waals surface area contributed by atoms with Crippen molar-refractivity contribution in [2.24, 2.45) is 0 Å². The number of hydrogen-bond donors (Lipinski definition) is 1. The van der Waals surface area contributed by atoms with Crippen LogP contribution < -0.4 is 0 Å². The lowest BCUT2D eigenvalue weighted by Crippen LogP contribution is -2.33. The number of aliphatic hydroxyl groups is 1. The fraction of sp³-hybridized carbons (Fsp3) is 0.412. The van der Waals surface area contributed by atoms with Gasteiger partial charge in [-0.3, -0.25) is 4.79 Å². The van der Waals surface area contributed by atoms with Crippen molar-refractivity contribution in [3.05, 3.63) is 52.7 Å². The van der Waals surface area contributed by atoms with Crippen LogP contribution in [0, 0.1) is 19.7 Å². The summed E-state index contributed by atoms with van der Waals surface area (Å²) in [6.07, 6.45) is -0.0202. The Balaban J connectivity index is 1.83. The molecule has 1 aromatic heterocycles. The number of benzene rings is 1. The van der Waals surface area contributed by atoms with Gasteiger partial charge in [0, 0.05) is 12.1 Å². The minimum Gasteiger partial charge on any atom is -0.391 e. The van der Waals surface area contributed by atoms with E-state index in [9.17, 15) is 14.3 Å². The summed E-state index contributed by atoms with van der Waals surface area (Å²) in [5.41, 5.74) is 2.17. The predicted molar refractivity (Wildman–Crippen MR) is 81.2 cm³/mol. The van der Waals surface area contributed by atoms with E-state index in [1.807, 2.05) is 0 Å². The quantitative estimate of drug-likeness (QED) is 0.943. The summed E-state index contributed by atoms with van der Waals surface area (Å²) < 4.78 is 18.6. The monoisotopic (exact) mass is 318 g/mol. The third kappa shape index (κ3) is 3.12. The Bertz CT molecular complexity index is 709. The highest BCUT2D eigenvalue weighted by atomic mass is 19.1. The molecule has 1 aliphatic heterocycles. The van der Waals surface area contributed by atoms with Crippen molar-refractivity contribution in [1.29, 1.82) is 0 Å². The van der Waals surface area contributed by atoms with Crippen LogP contribution in [0.3, 0.4) is 0 Å². The van der Waals surface area contributed by atoms with Gasteiger partial charge in [-0.2, -0.15) is 0 Å². The second kappa shape index (κ2) is 6.12. The largest absolute Gasteiger partial charge is 0.391 e. The molecule has 5 nitrogen and oxygen atoms in total. The molecule has 23 heavy (non-hydrogen) atoms. The van der Waals surface area contributed by atoms with Gasteiger partial charge in [0.05, 0.1) is 24.3 Å². The smallest absolute Gasteiger partial charge is 0.227 e. The summed E-state index contributed by atoms with van der Waals surface area (Å²) in [7, 11) is 0. The number of hydrogen-bond acceptors (Lipinski definition) is 4. The lowest BCUT2D eigenvalue weighted by atomic mass is 10.0. The van der Waals surface area contributed by atoms with Crippen molar-refractivity contribution in [1.82, 2.24) is 10.1 Å². The Morgan fingerprint density at radius 1 is 1.48 bits per heavy atom. The zero-order valence-corrected chi connectivity index (χ0v) is 13.1. The molecule has 0 spiro atoms.